The van der Waals surface area contributed by atoms with Crippen molar-refractivity contribution in [3.63, 3.8) is 0 Å². The predicted molar refractivity (Wildman–Crippen MR) is 64.8 cm³/mol. The zero-order valence-corrected chi connectivity index (χ0v) is 11.6. The Morgan fingerprint density at radius 2 is 2.06 bits per heavy atom. The maximum atomic E-state index is 11.7. The number of carbonyl (C=O) groups excluding carboxylic acids is 1. The normalized spacial score (nSPS) is 11.8. The summed E-state index contributed by atoms with van der Waals surface area (Å²) in [5.74, 6) is -0.623. The molecule has 0 saturated heterocycles. The van der Waals surface area contributed by atoms with Gasteiger partial charge in [0.2, 0.25) is 10.0 Å². The van der Waals surface area contributed by atoms with Gasteiger partial charge in [-0.05, 0) is 35.8 Å². The molecule has 1 rings (SSSR count). The van der Waals surface area contributed by atoms with Gasteiger partial charge in [0.05, 0.1) is 6.26 Å². The van der Waals surface area contributed by atoms with Gasteiger partial charge in [-0.2, -0.15) is 0 Å². The first-order valence-electron chi connectivity index (χ1n) is 4.60. The Morgan fingerprint density at radius 3 is 2.50 bits per heavy atom. The van der Waals surface area contributed by atoms with E-state index in [9.17, 15) is 13.2 Å². The molecular weight excluding hydrogens is 296 g/mol. The summed E-state index contributed by atoms with van der Waals surface area (Å²) in [6.45, 7) is 3.81. The standard InChI is InChI=1S/C9H13BrN2O3S/c1-6(2)12-5-7(10)4-8(12)9(13)11-16(3,14)15/h4-6H,1-3H3,(H,11,13). The zero-order chi connectivity index (χ0) is 12.5. The van der Waals surface area contributed by atoms with Crippen LogP contribution in [-0.4, -0.2) is 25.1 Å². The molecule has 1 aromatic rings. The van der Waals surface area contributed by atoms with E-state index >= 15 is 0 Å². The second kappa shape index (κ2) is 4.58. The Hall–Kier alpha value is -0.820. The van der Waals surface area contributed by atoms with Crippen molar-refractivity contribution >= 4 is 31.9 Å². The van der Waals surface area contributed by atoms with Gasteiger partial charge >= 0.3 is 0 Å². The molecule has 1 N–H and O–H groups in total. The summed E-state index contributed by atoms with van der Waals surface area (Å²) in [6.07, 6.45) is 2.68. The van der Waals surface area contributed by atoms with Crippen LogP contribution in [0.2, 0.25) is 0 Å². The van der Waals surface area contributed by atoms with E-state index < -0.39 is 15.9 Å². The van der Waals surface area contributed by atoms with E-state index in [-0.39, 0.29) is 6.04 Å². The molecule has 0 saturated carbocycles. The molecule has 0 bridgehead atoms. The largest absolute Gasteiger partial charge is 0.340 e. The number of hydrogen-bond donors (Lipinski definition) is 1. The first-order valence-corrected chi connectivity index (χ1v) is 7.28. The van der Waals surface area contributed by atoms with Crippen LogP contribution in [0.1, 0.15) is 30.4 Å². The molecule has 1 heterocycles. The fraction of sp³-hybridized carbons (Fsp3) is 0.444. The van der Waals surface area contributed by atoms with Gasteiger partial charge in [0.15, 0.2) is 0 Å². The SMILES string of the molecule is CC(C)n1cc(Br)cc1C(=O)NS(C)(=O)=O. The third-order valence-corrected chi connectivity index (χ3v) is 2.87. The third kappa shape index (κ3) is 3.34. The molecule has 1 aromatic heterocycles. The Morgan fingerprint density at radius 1 is 1.50 bits per heavy atom. The number of sulfonamides is 1. The maximum Gasteiger partial charge on any atom is 0.281 e. The van der Waals surface area contributed by atoms with Crippen LogP contribution >= 0.6 is 15.9 Å². The summed E-state index contributed by atoms with van der Waals surface area (Å²) in [5.41, 5.74) is 0.312. The molecule has 0 aliphatic heterocycles. The van der Waals surface area contributed by atoms with Crippen molar-refractivity contribution in [1.82, 2.24) is 9.29 Å². The van der Waals surface area contributed by atoms with Crippen LogP contribution in [0.15, 0.2) is 16.7 Å². The molecule has 90 valence electrons. The van der Waals surface area contributed by atoms with Crippen LogP contribution in [0, 0.1) is 0 Å². The van der Waals surface area contributed by atoms with Gasteiger partial charge in [0.1, 0.15) is 5.69 Å². The molecule has 0 spiro atoms. The van der Waals surface area contributed by atoms with Crippen molar-refractivity contribution in [3.8, 4) is 0 Å². The molecule has 7 heteroatoms. The summed E-state index contributed by atoms with van der Waals surface area (Å²) in [7, 11) is -3.53. The minimum absolute atomic E-state index is 0.0756. The lowest BCUT2D eigenvalue weighted by molar-refractivity contribution is 0.0971. The van der Waals surface area contributed by atoms with E-state index in [0.29, 0.717) is 5.69 Å². The summed E-state index contributed by atoms with van der Waals surface area (Å²) in [4.78, 5) is 11.7. The van der Waals surface area contributed by atoms with Crippen LogP contribution in [0.25, 0.3) is 0 Å². The van der Waals surface area contributed by atoms with Crippen LogP contribution in [0.4, 0.5) is 0 Å². The van der Waals surface area contributed by atoms with Crippen molar-refractivity contribution in [2.45, 2.75) is 19.9 Å². The number of carbonyl (C=O) groups is 1. The molecule has 16 heavy (non-hydrogen) atoms. The lowest BCUT2D eigenvalue weighted by Crippen LogP contribution is -2.31. The summed E-state index contributed by atoms with van der Waals surface area (Å²) in [5, 5.41) is 0. The molecule has 0 radical (unpaired) electrons. The maximum absolute atomic E-state index is 11.7. The fourth-order valence-corrected chi connectivity index (χ4v) is 2.15. The van der Waals surface area contributed by atoms with Gasteiger partial charge in [-0.3, -0.25) is 4.79 Å². The molecule has 0 aliphatic rings. The van der Waals surface area contributed by atoms with E-state index in [2.05, 4.69) is 15.9 Å². The Bertz CT molecular complexity index is 505. The van der Waals surface area contributed by atoms with Crippen molar-refractivity contribution in [1.29, 1.82) is 0 Å². The number of aromatic nitrogens is 1. The number of nitrogens with one attached hydrogen (secondary N) is 1. The van der Waals surface area contributed by atoms with Crippen LogP contribution in [0.5, 0.6) is 0 Å². The van der Waals surface area contributed by atoms with Crippen LogP contribution in [0.3, 0.4) is 0 Å². The second-order valence-electron chi connectivity index (χ2n) is 3.75. The van der Waals surface area contributed by atoms with E-state index in [1.807, 2.05) is 18.6 Å². The van der Waals surface area contributed by atoms with Gasteiger partial charge in [0.25, 0.3) is 5.91 Å². The average Bonchev–Trinajstić information content (AvgIpc) is 2.44. The van der Waals surface area contributed by atoms with E-state index in [1.54, 1.807) is 16.8 Å². The van der Waals surface area contributed by atoms with Crippen molar-refractivity contribution < 1.29 is 13.2 Å². The quantitative estimate of drug-likeness (QED) is 0.920. The van der Waals surface area contributed by atoms with Crippen molar-refractivity contribution in [3.05, 3.63) is 22.4 Å². The summed E-state index contributed by atoms with van der Waals surface area (Å²) >= 11 is 3.25. The van der Waals surface area contributed by atoms with E-state index in [4.69, 9.17) is 0 Å². The minimum Gasteiger partial charge on any atom is -0.340 e. The topological polar surface area (TPSA) is 68.2 Å². The van der Waals surface area contributed by atoms with Crippen LogP contribution in [-0.2, 0) is 10.0 Å². The molecule has 0 aliphatic carbocycles. The highest BCUT2D eigenvalue weighted by Crippen LogP contribution is 2.19. The molecule has 0 fully saturated rings. The highest BCUT2D eigenvalue weighted by molar-refractivity contribution is 9.10. The number of hydrogen-bond acceptors (Lipinski definition) is 3. The lowest BCUT2D eigenvalue weighted by Gasteiger charge is -2.11. The van der Waals surface area contributed by atoms with E-state index in [1.165, 1.54) is 0 Å². The van der Waals surface area contributed by atoms with Gasteiger partial charge in [-0.15, -0.1) is 0 Å². The van der Waals surface area contributed by atoms with Gasteiger partial charge in [0, 0.05) is 16.7 Å². The Kier molecular flexibility index (Phi) is 3.80. The molecule has 1 amide bonds. The highest BCUT2D eigenvalue weighted by atomic mass is 79.9. The number of amides is 1. The Balaban J connectivity index is 3.08. The first kappa shape index (κ1) is 13.2. The zero-order valence-electron chi connectivity index (χ0n) is 9.19. The average molecular weight is 309 g/mol. The van der Waals surface area contributed by atoms with Crippen molar-refractivity contribution in [2.24, 2.45) is 0 Å². The Labute approximate surface area is 103 Å². The van der Waals surface area contributed by atoms with Gasteiger partial charge < -0.3 is 4.57 Å². The highest BCUT2D eigenvalue weighted by Gasteiger charge is 2.17. The lowest BCUT2D eigenvalue weighted by atomic mass is 10.3. The van der Waals surface area contributed by atoms with Gasteiger partial charge in [-0.25, -0.2) is 13.1 Å². The van der Waals surface area contributed by atoms with Gasteiger partial charge in [-0.1, -0.05) is 0 Å². The second-order valence-corrected chi connectivity index (χ2v) is 6.41. The van der Waals surface area contributed by atoms with Crippen molar-refractivity contribution in [2.75, 3.05) is 6.26 Å². The predicted octanol–water partition coefficient (Wildman–Crippen LogP) is 1.52. The minimum atomic E-state index is -3.53. The molecular formula is C9H13BrN2O3S. The molecule has 0 unspecified atom stereocenters. The molecule has 0 aromatic carbocycles. The summed E-state index contributed by atoms with van der Waals surface area (Å²) in [6, 6.07) is 1.66. The number of rotatable bonds is 3. The molecule has 0 atom stereocenters. The first-order chi connectivity index (χ1) is 7.20. The number of nitrogens with zero attached hydrogens (tertiary/aromatic N) is 1. The smallest absolute Gasteiger partial charge is 0.281 e. The molecule has 5 nitrogen and oxygen atoms in total. The fourth-order valence-electron chi connectivity index (χ4n) is 1.28. The third-order valence-electron chi connectivity index (χ3n) is 1.88. The van der Waals surface area contributed by atoms with E-state index in [0.717, 1.165) is 10.7 Å². The van der Waals surface area contributed by atoms with Crippen LogP contribution < -0.4 is 4.72 Å². The monoisotopic (exact) mass is 308 g/mol. The number of halogens is 1. The summed E-state index contributed by atoms with van der Waals surface area (Å²) < 4.78 is 26.3.